The number of anilines is 1. The number of para-hydroxylation sites is 1. The van der Waals surface area contributed by atoms with E-state index < -0.39 is 24.1 Å². The van der Waals surface area contributed by atoms with Crippen LogP contribution in [0.5, 0.6) is 0 Å². The topological polar surface area (TPSA) is 49.4 Å². The van der Waals surface area contributed by atoms with Crippen molar-refractivity contribution in [3.05, 3.63) is 28.7 Å². The number of nitrogens with zero attached hydrogens (tertiary/aromatic N) is 1. The van der Waals surface area contributed by atoms with Crippen molar-refractivity contribution in [2.45, 2.75) is 44.3 Å². The summed E-state index contributed by atoms with van der Waals surface area (Å²) in [7, 11) is 0. The molecule has 1 heterocycles. The second-order valence-corrected chi connectivity index (χ2v) is 7.82. The lowest BCUT2D eigenvalue weighted by Crippen LogP contribution is -2.44. The Morgan fingerprint density at radius 3 is 2.65 bits per heavy atom. The molecule has 8 heteroatoms. The van der Waals surface area contributed by atoms with Crippen LogP contribution in [0.25, 0.3) is 0 Å². The van der Waals surface area contributed by atoms with Gasteiger partial charge in [0.1, 0.15) is 0 Å². The molecule has 26 heavy (non-hydrogen) atoms. The van der Waals surface area contributed by atoms with Gasteiger partial charge in [0.15, 0.2) is 0 Å². The fourth-order valence-electron chi connectivity index (χ4n) is 3.72. The third kappa shape index (κ3) is 4.22. The summed E-state index contributed by atoms with van der Waals surface area (Å²) in [4.78, 5) is 26.3. The smallest absolute Gasteiger partial charge is 0.353 e. The van der Waals surface area contributed by atoms with E-state index in [9.17, 15) is 22.8 Å². The summed E-state index contributed by atoms with van der Waals surface area (Å²) in [6.45, 7) is 0.239. The van der Waals surface area contributed by atoms with Crippen molar-refractivity contribution in [1.82, 2.24) is 5.32 Å². The van der Waals surface area contributed by atoms with Crippen LogP contribution in [-0.4, -0.2) is 30.6 Å². The molecule has 0 radical (unpaired) electrons. The molecule has 1 N–H and O–H groups in total. The van der Waals surface area contributed by atoms with E-state index >= 15 is 0 Å². The SMILES string of the molecule is O=C(N[C@@H]1CCC[C@H](C(F)(F)F)C1)[C@H]1CC(=O)N(c2ccccc2Br)C1. The van der Waals surface area contributed by atoms with Gasteiger partial charge in [0.05, 0.1) is 17.5 Å². The van der Waals surface area contributed by atoms with Crippen LogP contribution in [0.15, 0.2) is 28.7 Å². The monoisotopic (exact) mass is 432 g/mol. The maximum absolute atomic E-state index is 12.9. The Morgan fingerprint density at radius 2 is 1.96 bits per heavy atom. The Labute approximate surface area is 158 Å². The molecule has 2 amide bonds. The first-order valence-corrected chi connectivity index (χ1v) is 9.47. The van der Waals surface area contributed by atoms with Gasteiger partial charge in [0.25, 0.3) is 0 Å². The zero-order valence-electron chi connectivity index (χ0n) is 14.1. The standard InChI is InChI=1S/C18H20BrF3N2O2/c19-14-6-1-2-7-15(14)24-10-11(8-16(24)25)17(26)23-13-5-3-4-12(9-13)18(20,21)22/h1-2,6-7,11-13H,3-5,8-10H2,(H,23,26)/t11-,12-,13+/m0/s1. The molecule has 2 aliphatic rings. The molecule has 3 atom stereocenters. The molecule has 1 aliphatic carbocycles. The average molecular weight is 433 g/mol. The number of carbonyl (C=O) groups excluding carboxylic acids is 2. The minimum atomic E-state index is -4.22. The van der Waals surface area contributed by atoms with E-state index in [0.29, 0.717) is 18.5 Å². The zero-order chi connectivity index (χ0) is 18.9. The molecule has 1 aromatic carbocycles. The lowest BCUT2D eigenvalue weighted by molar-refractivity contribution is -0.184. The van der Waals surface area contributed by atoms with E-state index in [4.69, 9.17) is 0 Å². The Bertz CT molecular complexity index is 695. The number of rotatable bonds is 3. The van der Waals surface area contributed by atoms with Crippen LogP contribution >= 0.6 is 15.9 Å². The van der Waals surface area contributed by atoms with Crippen LogP contribution in [-0.2, 0) is 9.59 Å². The third-order valence-corrected chi connectivity index (χ3v) is 5.79. The van der Waals surface area contributed by atoms with E-state index in [1.54, 1.807) is 17.0 Å². The molecule has 1 aromatic rings. The van der Waals surface area contributed by atoms with E-state index in [2.05, 4.69) is 21.2 Å². The Hall–Kier alpha value is -1.57. The van der Waals surface area contributed by atoms with Crippen molar-refractivity contribution in [2.75, 3.05) is 11.4 Å². The fourth-order valence-corrected chi connectivity index (χ4v) is 4.22. The molecule has 1 aliphatic heterocycles. The van der Waals surface area contributed by atoms with Crippen molar-refractivity contribution in [2.24, 2.45) is 11.8 Å². The van der Waals surface area contributed by atoms with Crippen molar-refractivity contribution in [3.63, 3.8) is 0 Å². The van der Waals surface area contributed by atoms with Gasteiger partial charge in [-0.3, -0.25) is 9.59 Å². The molecule has 142 valence electrons. The van der Waals surface area contributed by atoms with Gasteiger partial charge >= 0.3 is 6.18 Å². The molecule has 0 unspecified atom stereocenters. The minimum Gasteiger partial charge on any atom is -0.353 e. The maximum atomic E-state index is 12.9. The van der Waals surface area contributed by atoms with Gasteiger partial charge in [-0.2, -0.15) is 13.2 Å². The van der Waals surface area contributed by atoms with Crippen LogP contribution in [0.2, 0.25) is 0 Å². The Balaban J connectivity index is 1.61. The predicted octanol–water partition coefficient (Wildman–Crippen LogP) is 4.04. The average Bonchev–Trinajstić information content (AvgIpc) is 2.97. The van der Waals surface area contributed by atoms with E-state index in [-0.39, 0.29) is 37.6 Å². The van der Waals surface area contributed by atoms with E-state index in [1.165, 1.54) is 0 Å². The Morgan fingerprint density at radius 1 is 1.23 bits per heavy atom. The van der Waals surface area contributed by atoms with Crippen molar-refractivity contribution >= 4 is 33.4 Å². The highest BCUT2D eigenvalue weighted by molar-refractivity contribution is 9.10. The first kappa shape index (κ1) is 19.2. The quantitative estimate of drug-likeness (QED) is 0.783. The second kappa shape index (κ2) is 7.58. The molecule has 0 spiro atoms. The van der Waals surface area contributed by atoms with Crippen molar-refractivity contribution in [1.29, 1.82) is 0 Å². The van der Waals surface area contributed by atoms with Crippen LogP contribution in [0.1, 0.15) is 32.1 Å². The van der Waals surface area contributed by atoms with Gasteiger partial charge < -0.3 is 10.2 Å². The number of benzene rings is 1. The van der Waals surface area contributed by atoms with Crippen molar-refractivity contribution < 1.29 is 22.8 Å². The number of halogens is 4. The molecular weight excluding hydrogens is 413 g/mol. The predicted molar refractivity (Wildman–Crippen MR) is 94.5 cm³/mol. The first-order valence-electron chi connectivity index (χ1n) is 8.67. The molecule has 2 fully saturated rings. The van der Waals surface area contributed by atoms with Gasteiger partial charge in [-0.05, 0) is 47.3 Å². The highest BCUT2D eigenvalue weighted by atomic mass is 79.9. The minimum absolute atomic E-state index is 0.0720. The number of carbonyl (C=O) groups is 2. The fraction of sp³-hybridized carbons (Fsp3) is 0.556. The molecule has 0 bridgehead atoms. The largest absolute Gasteiger partial charge is 0.391 e. The Kier molecular flexibility index (Phi) is 5.60. The number of hydrogen-bond acceptors (Lipinski definition) is 2. The maximum Gasteiger partial charge on any atom is 0.391 e. The normalized spacial score (nSPS) is 26.8. The zero-order valence-corrected chi connectivity index (χ0v) is 15.6. The molecule has 1 saturated heterocycles. The summed E-state index contributed by atoms with van der Waals surface area (Å²) in [5.74, 6) is -2.39. The summed E-state index contributed by atoms with van der Waals surface area (Å²) >= 11 is 3.39. The number of amides is 2. The van der Waals surface area contributed by atoms with Gasteiger partial charge in [-0.1, -0.05) is 18.6 Å². The van der Waals surface area contributed by atoms with Gasteiger partial charge in [-0.15, -0.1) is 0 Å². The van der Waals surface area contributed by atoms with Crippen LogP contribution in [0.3, 0.4) is 0 Å². The summed E-state index contributed by atoms with van der Waals surface area (Å²) in [5.41, 5.74) is 0.697. The third-order valence-electron chi connectivity index (χ3n) is 5.12. The number of hydrogen-bond donors (Lipinski definition) is 1. The molecular formula is C18H20BrF3N2O2. The molecule has 4 nitrogen and oxygen atoms in total. The summed E-state index contributed by atoms with van der Waals surface area (Å²) < 4.78 is 39.5. The first-order chi connectivity index (χ1) is 12.3. The highest BCUT2D eigenvalue weighted by Crippen LogP contribution is 2.38. The molecule has 1 saturated carbocycles. The van der Waals surface area contributed by atoms with Gasteiger partial charge in [-0.25, -0.2) is 0 Å². The molecule has 3 rings (SSSR count). The van der Waals surface area contributed by atoms with Crippen molar-refractivity contribution in [3.8, 4) is 0 Å². The summed E-state index contributed by atoms with van der Waals surface area (Å²) in [6, 6.07) is 6.76. The van der Waals surface area contributed by atoms with Crippen LogP contribution < -0.4 is 10.2 Å². The lowest BCUT2D eigenvalue weighted by atomic mass is 9.85. The lowest BCUT2D eigenvalue weighted by Gasteiger charge is -2.31. The second-order valence-electron chi connectivity index (χ2n) is 6.97. The van der Waals surface area contributed by atoms with Crippen LogP contribution in [0, 0.1) is 11.8 Å². The van der Waals surface area contributed by atoms with Crippen LogP contribution in [0.4, 0.5) is 18.9 Å². The van der Waals surface area contributed by atoms with E-state index in [1.807, 2.05) is 12.1 Å². The highest BCUT2D eigenvalue weighted by Gasteiger charge is 2.43. The molecule has 0 aromatic heterocycles. The summed E-state index contributed by atoms with van der Waals surface area (Å²) in [6.07, 6.45) is -3.11. The van der Waals surface area contributed by atoms with E-state index in [0.717, 1.165) is 4.47 Å². The number of alkyl halides is 3. The van der Waals surface area contributed by atoms with Gasteiger partial charge in [0.2, 0.25) is 11.8 Å². The van der Waals surface area contributed by atoms with Gasteiger partial charge in [0, 0.05) is 23.5 Å². The number of nitrogens with one attached hydrogen (secondary N) is 1. The summed E-state index contributed by atoms with van der Waals surface area (Å²) in [5, 5.41) is 2.74.